The standard InChI is InChI=1S/C10H19NO3/c1-7(12)8-4-5-11(6-8)9(13)10(2,3)14/h7-8,12,14H,4-6H2,1-3H3. The summed E-state index contributed by atoms with van der Waals surface area (Å²) < 4.78 is 0. The summed E-state index contributed by atoms with van der Waals surface area (Å²) >= 11 is 0. The van der Waals surface area contributed by atoms with Crippen molar-refractivity contribution >= 4 is 5.91 Å². The zero-order valence-electron chi connectivity index (χ0n) is 9.03. The second-order valence-electron chi connectivity index (χ2n) is 4.60. The summed E-state index contributed by atoms with van der Waals surface area (Å²) in [5, 5.41) is 18.9. The van der Waals surface area contributed by atoms with E-state index >= 15 is 0 Å². The van der Waals surface area contributed by atoms with Gasteiger partial charge in [-0.05, 0) is 27.2 Å². The molecule has 0 radical (unpaired) electrons. The lowest BCUT2D eigenvalue weighted by atomic mass is 10.0. The molecule has 1 fully saturated rings. The van der Waals surface area contributed by atoms with Crippen molar-refractivity contribution in [3.8, 4) is 0 Å². The van der Waals surface area contributed by atoms with Gasteiger partial charge in [-0.3, -0.25) is 4.79 Å². The SMILES string of the molecule is CC(O)C1CCN(C(=O)C(C)(C)O)C1. The summed E-state index contributed by atoms with van der Waals surface area (Å²) in [5.41, 5.74) is -1.30. The van der Waals surface area contributed by atoms with Gasteiger partial charge in [-0.1, -0.05) is 0 Å². The molecule has 0 aliphatic carbocycles. The number of likely N-dealkylation sites (tertiary alicyclic amines) is 1. The van der Waals surface area contributed by atoms with Gasteiger partial charge < -0.3 is 15.1 Å². The normalized spacial score (nSPS) is 25.2. The molecule has 0 aromatic heterocycles. The molecule has 2 atom stereocenters. The first-order valence-corrected chi connectivity index (χ1v) is 5.02. The van der Waals surface area contributed by atoms with Crippen molar-refractivity contribution in [2.24, 2.45) is 5.92 Å². The second kappa shape index (κ2) is 3.87. The molecule has 1 heterocycles. The Morgan fingerprint density at radius 2 is 2.14 bits per heavy atom. The van der Waals surface area contributed by atoms with Gasteiger partial charge in [0.2, 0.25) is 0 Å². The monoisotopic (exact) mass is 201 g/mol. The molecule has 82 valence electrons. The van der Waals surface area contributed by atoms with Crippen LogP contribution in [0.3, 0.4) is 0 Å². The van der Waals surface area contributed by atoms with E-state index < -0.39 is 5.60 Å². The van der Waals surface area contributed by atoms with E-state index in [0.717, 1.165) is 6.42 Å². The fourth-order valence-corrected chi connectivity index (χ4v) is 1.75. The zero-order valence-corrected chi connectivity index (χ0v) is 9.03. The second-order valence-corrected chi connectivity index (χ2v) is 4.60. The van der Waals surface area contributed by atoms with Gasteiger partial charge in [-0.25, -0.2) is 0 Å². The quantitative estimate of drug-likeness (QED) is 0.660. The van der Waals surface area contributed by atoms with Gasteiger partial charge in [-0.2, -0.15) is 0 Å². The number of amides is 1. The molecule has 1 rings (SSSR count). The maximum atomic E-state index is 11.6. The first kappa shape index (κ1) is 11.5. The third-order valence-electron chi connectivity index (χ3n) is 2.72. The van der Waals surface area contributed by atoms with Gasteiger partial charge in [0.25, 0.3) is 5.91 Å². The van der Waals surface area contributed by atoms with Crippen molar-refractivity contribution in [3.63, 3.8) is 0 Å². The highest BCUT2D eigenvalue weighted by atomic mass is 16.3. The molecule has 1 saturated heterocycles. The Hall–Kier alpha value is -0.610. The number of carbonyl (C=O) groups excluding carboxylic acids is 1. The van der Waals surface area contributed by atoms with E-state index in [9.17, 15) is 15.0 Å². The Labute approximate surface area is 84.5 Å². The molecule has 0 aromatic carbocycles. The molecule has 0 spiro atoms. The van der Waals surface area contributed by atoms with Gasteiger partial charge in [0.05, 0.1) is 6.10 Å². The smallest absolute Gasteiger partial charge is 0.253 e. The molecule has 14 heavy (non-hydrogen) atoms. The van der Waals surface area contributed by atoms with Crippen LogP contribution in [-0.2, 0) is 4.79 Å². The summed E-state index contributed by atoms with van der Waals surface area (Å²) in [4.78, 5) is 13.3. The number of nitrogens with zero attached hydrogens (tertiary/aromatic N) is 1. The lowest BCUT2D eigenvalue weighted by Gasteiger charge is -2.25. The maximum Gasteiger partial charge on any atom is 0.253 e. The van der Waals surface area contributed by atoms with Crippen molar-refractivity contribution in [3.05, 3.63) is 0 Å². The molecule has 2 N–H and O–H groups in total. The Morgan fingerprint density at radius 1 is 1.57 bits per heavy atom. The van der Waals surface area contributed by atoms with Crippen molar-refractivity contribution < 1.29 is 15.0 Å². The van der Waals surface area contributed by atoms with E-state index in [-0.39, 0.29) is 17.9 Å². The van der Waals surface area contributed by atoms with E-state index in [4.69, 9.17) is 0 Å². The molecule has 0 aromatic rings. The van der Waals surface area contributed by atoms with Crippen LogP contribution in [0, 0.1) is 5.92 Å². The molecule has 4 nitrogen and oxygen atoms in total. The highest BCUT2D eigenvalue weighted by Gasteiger charge is 2.35. The van der Waals surface area contributed by atoms with Gasteiger partial charge in [0, 0.05) is 19.0 Å². The van der Waals surface area contributed by atoms with Gasteiger partial charge >= 0.3 is 0 Å². The number of aliphatic hydroxyl groups excluding tert-OH is 1. The summed E-state index contributed by atoms with van der Waals surface area (Å²) in [6.45, 7) is 5.91. The van der Waals surface area contributed by atoms with Gasteiger partial charge in [0.1, 0.15) is 5.60 Å². The third-order valence-corrected chi connectivity index (χ3v) is 2.72. The number of aliphatic hydroxyl groups is 2. The van der Waals surface area contributed by atoms with Crippen LogP contribution in [0.25, 0.3) is 0 Å². The first-order chi connectivity index (χ1) is 6.32. The summed E-state index contributed by atoms with van der Waals surface area (Å²) in [6.07, 6.45) is 0.439. The largest absolute Gasteiger partial charge is 0.393 e. The average Bonchev–Trinajstić information content (AvgIpc) is 2.48. The predicted molar refractivity (Wildman–Crippen MR) is 52.7 cm³/mol. The predicted octanol–water partition coefficient (Wildman–Crippen LogP) is -0.0134. The Kier molecular flexibility index (Phi) is 3.17. The molecule has 0 bridgehead atoms. The first-order valence-electron chi connectivity index (χ1n) is 5.02. The van der Waals surface area contributed by atoms with E-state index in [1.54, 1.807) is 11.8 Å². The Balaban J connectivity index is 2.54. The van der Waals surface area contributed by atoms with Crippen LogP contribution in [0.15, 0.2) is 0 Å². The highest BCUT2D eigenvalue weighted by molar-refractivity contribution is 5.84. The molecule has 1 amide bonds. The number of carbonyl (C=O) groups is 1. The highest BCUT2D eigenvalue weighted by Crippen LogP contribution is 2.22. The molecular formula is C10H19NO3. The van der Waals surface area contributed by atoms with E-state index in [1.807, 2.05) is 0 Å². The average molecular weight is 201 g/mol. The summed E-state index contributed by atoms with van der Waals surface area (Å²) in [7, 11) is 0. The van der Waals surface area contributed by atoms with Crippen LogP contribution in [0.1, 0.15) is 27.2 Å². The number of rotatable bonds is 2. The topological polar surface area (TPSA) is 60.8 Å². The van der Waals surface area contributed by atoms with Gasteiger partial charge in [-0.15, -0.1) is 0 Å². The van der Waals surface area contributed by atoms with Crippen LogP contribution >= 0.6 is 0 Å². The molecule has 2 unspecified atom stereocenters. The maximum absolute atomic E-state index is 11.6. The summed E-state index contributed by atoms with van der Waals surface area (Å²) in [5.74, 6) is -0.0954. The fraction of sp³-hybridized carbons (Fsp3) is 0.900. The van der Waals surface area contributed by atoms with Crippen LogP contribution in [-0.4, -0.2) is 45.8 Å². The van der Waals surface area contributed by atoms with Crippen molar-refractivity contribution in [1.29, 1.82) is 0 Å². The van der Waals surface area contributed by atoms with Crippen molar-refractivity contribution in [1.82, 2.24) is 4.90 Å². The van der Waals surface area contributed by atoms with Crippen LogP contribution < -0.4 is 0 Å². The van der Waals surface area contributed by atoms with E-state index in [2.05, 4.69) is 0 Å². The van der Waals surface area contributed by atoms with E-state index in [0.29, 0.717) is 13.1 Å². The Bertz CT molecular complexity index is 220. The van der Waals surface area contributed by atoms with Crippen LogP contribution in [0.2, 0.25) is 0 Å². The van der Waals surface area contributed by atoms with Crippen molar-refractivity contribution in [2.75, 3.05) is 13.1 Å². The third kappa shape index (κ3) is 2.45. The summed E-state index contributed by atoms with van der Waals surface area (Å²) in [6, 6.07) is 0. The van der Waals surface area contributed by atoms with Crippen LogP contribution in [0.5, 0.6) is 0 Å². The van der Waals surface area contributed by atoms with Crippen LogP contribution in [0.4, 0.5) is 0 Å². The minimum atomic E-state index is -1.30. The molecule has 4 heteroatoms. The molecular weight excluding hydrogens is 182 g/mol. The number of hydrogen-bond donors (Lipinski definition) is 2. The zero-order chi connectivity index (χ0) is 10.9. The molecule has 0 saturated carbocycles. The fourth-order valence-electron chi connectivity index (χ4n) is 1.75. The minimum absolute atomic E-state index is 0.154. The lowest BCUT2D eigenvalue weighted by molar-refractivity contribution is -0.146. The van der Waals surface area contributed by atoms with Gasteiger partial charge in [0.15, 0.2) is 0 Å². The molecule has 1 aliphatic heterocycles. The lowest BCUT2D eigenvalue weighted by Crippen LogP contribution is -2.44. The number of hydrogen-bond acceptors (Lipinski definition) is 3. The Morgan fingerprint density at radius 3 is 2.50 bits per heavy atom. The van der Waals surface area contributed by atoms with E-state index in [1.165, 1.54) is 13.8 Å². The van der Waals surface area contributed by atoms with Crippen molar-refractivity contribution in [2.45, 2.75) is 38.9 Å². The molecule has 1 aliphatic rings. The minimum Gasteiger partial charge on any atom is -0.393 e.